The lowest BCUT2D eigenvalue weighted by atomic mass is 12.0. The van der Waals surface area contributed by atoms with Crippen LogP contribution < -0.4 is 6.15 Å². The lowest BCUT2D eigenvalue weighted by molar-refractivity contribution is 0.824. The molecule has 4 heavy (non-hydrogen) atoms. The zero-order chi connectivity index (χ0) is 0. The van der Waals surface area contributed by atoms with Gasteiger partial charge in [-0.1, -0.05) is 7.43 Å². The Balaban J connectivity index is 0. The maximum atomic E-state index is 0. The smallest absolute Gasteiger partial charge is 0.316 e. The van der Waals surface area contributed by atoms with Crippen LogP contribution in [0.1, 0.15) is 7.43 Å². The van der Waals surface area contributed by atoms with Gasteiger partial charge in [0.2, 0.25) is 0 Å². The molecule has 0 amide bonds. The van der Waals surface area contributed by atoms with E-state index in [0.29, 0.717) is 0 Å². The molecule has 0 bridgehead atoms. The molecule has 0 aliphatic carbocycles. The van der Waals surface area contributed by atoms with Gasteiger partial charge in [0.25, 0.3) is 0 Å². The van der Waals surface area contributed by atoms with E-state index < -0.39 is 0 Å². The Bertz CT molecular complexity index is 8.00. The molecule has 0 aliphatic rings. The minimum absolute atomic E-state index is 0. The Kier molecular flexibility index (Phi) is 1910. The van der Waals surface area contributed by atoms with Crippen molar-refractivity contribution >= 4 is 23.1 Å². The third-order valence-corrected chi connectivity index (χ3v) is 0. The Hall–Kier alpha value is 0.686. The normalized spacial score (nSPS) is 0. The standard InChI is InChI=1S/CH4.Mg.H3N.H2O.2H/h1H4;;1H3;1H2;;. The van der Waals surface area contributed by atoms with Crippen molar-refractivity contribution in [2.24, 2.45) is 0 Å². The molecule has 0 atom stereocenters. The summed E-state index contributed by atoms with van der Waals surface area (Å²) >= 11 is 0. The molecule has 3 heteroatoms. The molecule has 0 spiro atoms. The first-order valence-corrected chi connectivity index (χ1v) is 0. The van der Waals surface area contributed by atoms with Gasteiger partial charge in [-0.3, -0.25) is 0 Å². The van der Waals surface area contributed by atoms with Gasteiger partial charge in [-0.2, -0.15) is 0 Å². The molecule has 2 nitrogen and oxygen atoms in total. The Morgan fingerprint density at radius 2 is 1.00 bits per heavy atom. The van der Waals surface area contributed by atoms with Gasteiger partial charge in [0, 0.05) is 0 Å². The van der Waals surface area contributed by atoms with Crippen LogP contribution in [0.5, 0.6) is 0 Å². The Morgan fingerprint density at radius 1 is 1.00 bits per heavy atom. The van der Waals surface area contributed by atoms with E-state index in [1.807, 2.05) is 0 Å². The van der Waals surface area contributed by atoms with Crippen LogP contribution in [0.25, 0.3) is 0 Å². The second-order valence-corrected chi connectivity index (χ2v) is 0. The topological polar surface area (TPSA) is 66.5 Å². The molecule has 0 radical (unpaired) electrons. The quantitative estimate of drug-likeness (QED) is 0.373. The van der Waals surface area contributed by atoms with Crippen molar-refractivity contribution in [3.63, 3.8) is 0 Å². The average Bonchev–Trinajstić information content (AvgIpc) is 0. The van der Waals surface area contributed by atoms with Gasteiger partial charge in [-0.15, -0.1) is 0 Å². The number of rotatable bonds is 0. The molecule has 0 aromatic heterocycles. The third-order valence-electron chi connectivity index (χ3n) is 0. The van der Waals surface area contributed by atoms with Crippen molar-refractivity contribution in [3.05, 3.63) is 0 Å². The van der Waals surface area contributed by atoms with E-state index in [1.165, 1.54) is 0 Å². The van der Waals surface area contributed by atoms with E-state index in [9.17, 15) is 0 Å². The van der Waals surface area contributed by atoms with Crippen molar-refractivity contribution in [3.8, 4) is 0 Å². The highest BCUT2D eigenvalue weighted by Crippen LogP contribution is 0.144. The fourth-order valence-electron chi connectivity index (χ4n) is 0. The summed E-state index contributed by atoms with van der Waals surface area (Å²) < 4.78 is 0. The maximum absolute atomic E-state index is 0. The van der Waals surface area contributed by atoms with Crippen molar-refractivity contribution < 1.29 is 5.48 Å². The van der Waals surface area contributed by atoms with Gasteiger partial charge in [-0.05, 0) is 0 Å². The summed E-state index contributed by atoms with van der Waals surface area (Å²) in [6.45, 7) is 0. The Labute approximate surface area is 42.6 Å². The SMILES string of the molecule is C.N.O.[MgH2]. The first-order valence-electron chi connectivity index (χ1n) is 0. The highest BCUT2D eigenvalue weighted by Gasteiger charge is 0.316. The van der Waals surface area contributed by atoms with E-state index in [0.717, 1.165) is 0 Å². The van der Waals surface area contributed by atoms with Gasteiger partial charge in [-0.25, -0.2) is 0 Å². The minimum atomic E-state index is 0. The predicted octanol–water partition coefficient (Wildman–Crippen LogP) is -0.943. The summed E-state index contributed by atoms with van der Waals surface area (Å²) in [6, 6.07) is 0. The predicted molar refractivity (Wildman–Crippen MR) is 23.9 cm³/mol. The molecule has 0 saturated heterocycles. The first kappa shape index (κ1) is 135. The maximum Gasteiger partial charge on any atom is 0.316 e. The molecule has 0 rings (SSSR count). The molecule has 0 aromatic carbocycles. The van der Waals surface area contributed by atoms with Crippen LogP contribution in [0.15, 0.2) is 0 Å². The van der Waals surface area contributed by atoms with Crippen LogP contribution in [-0.2, 0) is 0 Å². The van der Waals surface area contributed by atoms with Crippen LogP contribution in [0.4, 0.5) is 0 Å². The molecule has 0 heterocycles. The van der Waals surface area contributed by atoms with Crippen molar-refractivity contribution in [2.45, 2.75) is 7.43 Å². The van der Waals surface area contributed by atoms with Crippen LogP contribution in [0, 0.1) is 0 Å². The first-order chi connectivity index (χ1) is 0. The molecule has 28 valence electrons. The zero-order valence-corrected chi connectivity index (χ0v) is 1.21. The monoisotopic (exact) mass is 77.1 g/mol. The average molecular weight is 77.4 g/mol. The van der Waals surface area contributed by atoms with E-state index in [4.69, 9.17) is 0 Å². The van der Waals surface area contributed by atoms with Crippen LogP contribution in [-0.4, -0.2) is 28.5 Å². The van der Waals surface area contributed by atoms with Gasteiger partial charge in [0.15, 0.2) is 0 Å². The molecule has 5 N–H and O–H groups in total. The number of hydrogen-bond acceptors (Lipinski definition) is 1. The molecule has 0 saturated carbocycles. The van der Waals surface area contributed by atoms with Crippen LogP contribution >= 0.6 is 0 Å². The van der Waals surface area contributed by atoms with E-state index in [2.05, 4.69) is 0 Å². The fourth-order valence-corrected chi connectivity index (χ4v) is 0. The lowest BCUT2D eigenvalue weighted by Gasteiger charge is -0.412. The molecule has 0 aliphatic heterocycles. The van der Waals surface area contributed by atoms with E-state index in [-0.39, 0.29) is 42.1 Å². The number of hydrogen-bond donors (Lipinski definition) is 1. The van der Waals surface area contributed by atoms with Gasteiger partial charge >= 0.3 is 23.1 Å². The molecule has 0 unspecified atom stereocenters. The molecule has 0 aromatic rings. The second-order valence-electron chi connectivity index (χ2n) is 0. The van der Waals surface area contributed by atoms with Crippen molar-refractivity contribution in [2.75, 3.05) is 0 Å². The fraction of sp³-hybridized carbons (Fsp3) is 1.00. The second kappa shape index (κ2) is 56.5. The molecule has 0 fully saturated rings. The van der Waals surface area contributed by atoms with Gasteiger partial charge < -0.3 is 11.6 Å². The summed E-state index contributed by atoms with van der Waals surface area (Å²) in [5, 5.41) is 0. The van der Waals surface area contributed by atoms with Gasteiger partial charge in [0.1, 0.15) is 0 Å². The summed E-state index contributed by atoms with van der Waals surface area (Å²) in [5.41, 5.74) is 0. The van der Waals surface area contributed by atoms with Crippen molar-refractivity contribution in [1.82, 2.24) is 6.15 Å². The highest BCUT2D eigenvalue weighted by molar-refractivity contribution is 5.75. The summed E-state index contributed by atoms with van der Waals surface area (Å²) in [4.78, 5) is 0. The lowest BCUT2D eigenvalue weighted by Crippen LogP contribution is -0.481. The zero-order valence-electron chi connectivity index (χ0n) is 1.21. The molecular weight excluding hydrogens is 66.3 g/mol. The van der Waals surface area contributed by atoms with Crippen LogP contribution in [0.3, 0.4) is 0 Å². The third kappa shape index (κ3) is 16.2. The molecular formula is CH11MgNO. The Morgan fingerprint density at radius 3 is 1.00 bits per heavy atom. The highest BCUT2D eigenvalue weighted by atomic mass is 24.3. The van der Waals surface area contributed by atoms with E-state index >= 15 is 0 Å². The van der Waals surface area contributed by atoms with Gasteiger partial charge in [0.05, 0.1) is 0 Å². The largest absolute Gasteiger partial charge is 0.412 e. The summed E-state index contributed by atoms with van der Waals surface area (Å²) in [5.74, 6) is 0. The summed E-state index contributed by atoms with van der Waals surface area (Å²) in [7, 11) is 0. The van der Waals surface area contributed by atoms with Crippen LogP contribution in [0.2, 0.25) is 0 Å². The van der Waals surface area contributed by atoms with E-state index in [1.54, 1.807) is 0 Å². The van der Waals surface area contributed by atoms with Crippen molar-refractivity contribution in [1.29, 1.82) is 0 Å². The minimum Gasteiger partial charge on any atom is -0.412 e. The summed E-state index contributed by atoms with van der Waals surface area (Å²) in [6.07, 6.45) is 0.